The number of carbonyl (C=O) groups excluding carboxylic acids is 1. The summed E-state index contributed by atoms with van der Waals surface area (Å²) in [6, 6.07) is 13.2. The van der Waals surface area contributed by atoms with Crippen molar-refractivity contribution in [1.29, 1.82) is 0 Å². The number of aromatic nitrogens is 5. The third-order valence-corrected chi connectivity index (χ3v) is 5.25. The van der Waals surface area contributed by atoms with Gasteiger partial charge in [-0.1, -0.05) is 6.07 Å². The van der Waals surface area contributed by atoms with Crippen LogP contribution in [0.2, 0.25) is 0 Å². The number of methoxy groups -OCH3 is 1. The Morgan fingerprint density at radius 1 is 1.09 bits per heavy atom. The SMILES string of the molecule is COc1ccc(C)cc1NC(=O)Cn1nc2c3cc(-c4ccc(F)cc4)nn3ccn2c1=O. The Morgan fingerprint density at radius 3 is 2.64 bits per heavy atom. The van der Waals surface area contributed by atoms with Crippen molar-refractivity contribution in [2.75, 3.05) is 12.4 Å². The largest absolute Gasteiger partial charge is 0.495 e. The van der Waals surface area contributed by atoms with Gasteiger partial charge in [0.25, 0.3) is 0 Å². The smallest absolute Gasteiger partial charge is 0.350 e. The molecule has 0 aliphatic heterocycles. The summed E-state index contributed by atoms with van der Waals surface area (Å²) in [6.45, 7) is 1.63. The average Bonchev–Trinajstić information content (AvgIpc) is 3.36. The number of hydrogen-bond acceptors (Lipinski definition) is 5. The number of nitrogens with one attached hydrogen (secondary N) is 1. The van der Waals surface area contributed by atoms with Gasteiger partial charge in [-0.15, -0.1) is 5.10 Å². The zero-order valence-electron chi connectivity index (χ0n) is 17.8. The summed E-state index contributed by atoms with van der Waals surface area (Å²) < 4.78 is 22.6. The molecule has 0 fully saturated rings. The minimum Gasteiger partial charge on any atom is -0.495 e. The highest BCUT2D eigenvalue weighted by molar-refractivity contribution is 5.92. The number of anilines is 1. The van der Waals surface area contributed by atoms with E-state index in [-0.39, 0.29) is 12.4 Å². The first-order valence-electron chi connectivity index (χ1n) is 10.1. The van der Waals surface area contributed by atoms with E-state index in [0.29, 0.717) is 28.3 Å². The molecule has 5 rings (SSSR count). The molecule has 0 bridgehead atoms. The van der Waals surface area contributed by atoms with Gasteiger partial charge in [-0.2, -0.15) is 5.10 Å². The van der Waals surface area contributed by atoms with Crippen LogP contribution >= 0.6 is 0 Å². The average molecular weight is 446 g/mol. The van der Waals surface area contributed by atoms with Crippen molar-refractivity contribution in [3.05, 3.63) is 82.8 Å². The van der Waals surface area contributed by atoms with Gasteiger partial charge < -0.3 is 10.1 Å². The molecule has 10 heteroatoms. The minimum absolute atomic E-state index is 0.275. The van der Waals surface area contributed by atoms with Gasteiger partial charge in [-0.25, -0.2) is 22.8 Å². The molecular weight excluding hydrogens is 427 g/mol. The molecule has 0 radical (unpaired) electrons. The van der Waals surface area contributed by atoms with Crippen LogP contribution in [0.15, 0.2) is 65.7 Å². The molecule has 0 atom stereocenters. The second-order valence-corrected chi connectivity index (χ2v) is 7.55. The van der Waals surface area contributed by atoms with Gasteiger partial charge in [-0.3, -0.25) is 4.79 Å². The first-order chi connectivity index (χ1) is 15.9. The molecular formula is C23H19FN6O3. The Kier molecular flexibility index (Phi) is 4.89. The van der Waals surface area contributed by atoms with Crippen molar-refractivity contribution in [3.63, 3.8) is 0 Å². The highest BCUT2D eigenvalue weighted by Gasteiger charge is 2.16. The number of amides is 1. The van der Waals surface area contributed by atoms with Crippen LogP contribution in [0.4, 0.5) is 10.1 Å². The highest BCUT2D eigenvalue weighted by atomic mass is 19.1. The van der Waals surface area contributed by atoms with E-state index in [9.17, 15) is 14.0 Å². The van der Waals surface area contributed by atoms with E-state index in [0.717, 1.165) is 15.8 Å². The van der Waals surface area contributed by atoms with Crippen LogP contribution in [0.25, 0.3) is 22.4 Å². The summed E-state index contributed by atoms with van der Waals surface area (Å²) in [5.74, 6) is -0.233. The van der Waals surface area contributed by atoms with Crippen LogP contribution in [0.5, 0.6) is 5.75 Å². The lowest BCUT2D eigenvalue weighted by atomic mass is 10.1. The van der Waals surface area contributed by atoms with Gasteiger partial charge in [0.05, 0.1) is 18.5 Å². The van der Waals surface area contributed by atoms with Crippen molar-refractivity contribution in [2.24, 2.45) is 0 Å². The molecule has 0 spiro atoms. The van der Waals surface area contributed by atoms with Crippen LogP contribution in [-0.2, 0) is 11.3 Å². The van der Waals surface area contributed by atoms with Crippen molar-refractivity contribution >= 4 is 22.8 Å². The predicted molar refractivity (Wildman–Crippen MR) is 120 cm³/mol. The number of aryl methyl sites for hydroxylation is 1. The maximum atomic E-state index is 13.3. The number of hydrogen-bond donors (Lipinski definition) is 1. The van der Waals surface area contributed by atoms with Gasteiger partial charge in [-0.05, 0) is 55.0 Å². The van der Waals surface area contributed by atoms with Crippen LogP contribution in [-0.4, -0.2) is 36.8 Å². The molecule has 2 aromatic carbocycles. The molecule has 0 saturated carbocycles. The monoisotopic (exact) mass is 446 g/mol. The molecule has 0 saturated heterocycles. The molecule has 3 heterocycles. The molecule has 3 aromatic heterocycles. The summed E-state index contributed by atoms with van der Waals surface area (Å²) in [5, 5.41) is 11.6. The maximum Gasteiger partial charge on any atom is 0.350 e. The number of carbonyl (C=O) groups is 1. The zero-order valence-corrected chi connectivity index (χ0v) is 17.8. The van der Waals surface area contributed by atoms with E-state index in [1.807, 2.05) is 13.0 Å². The molecule has 1 N–H and O–H groups in total. The van der Waals surface area contributed by atoms with E-state index >= 15 is 0 Å². The standard InChI is InChI=1S/C23H19FN6O3/c1-14-3-8-20(33-2)18(11-14)25-21(31)13-30-23(32)28-9-10-29-19(22(28)27-30)12-17(26-29)15-4-6-16(24)7-5-15/h3-12H,13H2,1-2H3,(H,25,31). The third-order valence-electron chi connectivity index (χ3n) is 5.25. The second-order valence-electron chi connectivity index (χ2n) is 7.55. The van der Waals surface area contributed by atoms with Gasteiger partial charge in [0.15, 0.2) is 5.65 Å². The Bertz CT molecular complexity index is 1570. The topological polar surface area (TPSA) is 94.9 Å². The maximum absolute atomic E-state index is 13.3. The lowest BCUT2D eigenvalue weighted by Gasteiger charge is -2.10. The summed E-state index contributed by atoms with van der Waals surface area (Å²) in [7, 11) is 1.52. The fourth-order valence-corrected chi connectivity index (χ4v) is 3.64. The van der Waals surface area contributed by atoms with Gasteiger partial charge in [0, 0.05) is 18.0 Å². The van der Waals surface area contributed by atoms with E-state index in [4.69, 9.17) is 4.74 Å². The number of rotatable bonds is 5. The normalized spacial score (nSPS) is 11.2. The van der Waals surface area contributed by atoms with E-state index in [1.165, 1.54) is 29.8 Å². The summed E-state index contributed by atoms with van der Waals surface area (Å²) in [6.07, 6.45) is 3.16. The van der Waals surface area contributed by atoms with Crippen LogP contribution in [0, 0.1) is 12.7 Å². The Labute approximate surface area is 186 Å². The second kappa shape index (κ2) is 7.90. The molecule has 33 heavy (non-hydrogen) atoms. The Hall–Kier alpha value is -4.47. The Morgan fingerprint density at radius 2 is 1.88 bits per heavy atom. The molecule has 9 nitrogen and oxygen atoms in total. The number of benzene rings is 2. The summed E-state index contributed by atoms with van der Waals surface area (Å²) >= 11 is 0. The summed E-state index contributed by atoms with van der Waals surface area (Å²) in [4.78, 5) is 25.5. The molecule has 5 aromatic rings. The lowest BCUT2D eigenvalue weighted by Crippen LogP contribution is -2.28. The predicted octanol–water partition coefficient (Wildman–Crippen LogP) is 2.91. The van der Waals surface area contributed by atoms with Crippen molar-refractivity contribution in [1.82, 2.24) is 23.8 Å². The molecule has 1 amide bonds. The lowest BCUT2D eigenvalue weighted by molar-refractivity contribution is -0.117. The molecule has 0 unspecified atom stereocenters. The first-order valence-corrected chi connectivity index (χ1v) is 10.1. The molecule has 0 aliphatic rings. The first kappa shape index (κ1) is 20.4. The van der Waals surface area contributed by atoms with E-state index < -0.39 is 11.6 Å². The zero-order chi connectivity index (χ0) is 23.1. The van der Waals surface area contributed by atoms with Gasteiger partial charge >= 0.3 is 5.69 Å². The Balaban J connectivity index is 1.48. The van der Waals surface area contributed by atoms with Crippen LogP contribution in [0.1, 0.15) is 5.56 Å². The van der Waals surface area contributed by atoms with Gasteiger partial charge in [0.1, 0.15) is 23.6 Å². The quantitative estimate of drug-likeness (QED) is 0.448. The third kappa shape index (κ3) is 3.71. The van der Waals surface area contributed by atoms with E-state index in [2.05, 4.69) is 15.5 Å². The summed E-state index contributed by atoms with van der Waals surface area (Å²) in [5.41, 5.74) is 3.28. The molecule has 0 aliphatic carbocycles. The van der Waals surface area contributed by atoms with Crippen molar-refractivity contribution < 1.29 is 13.9 Å². The van der Waals surface area contributed by atoms with Crippen molar-refractivity contribution in [3.8, 4) is 17.0 Å². The molecule has 166 valence electrons. The highest BCUT2D eigenvalue weighted by Crippen LogP contribution is 2.25. The fourth-order valence-electron chi connectivity index (χ4n) is 3.64. The van der Waals surface area contributed by atoms with Crippen LogP contribution < -0.4 is 15.7 Å². The minimum atomic E-state index is -0.455. The van der Waals surface area contributed by atoms with E-state index in [1.54, 1.807) is 41.0 Å². The number of halogens is 1. The van der Waals surface area contributed by atoms with Gasteiger partial charge in [0.2, 0.25) is 5.91 Å². The number of nitrogens with zero attached hydrogens (tertiary/aromatic N) is 5. The van der Waals surface area contributed by atoms with Crippen molar-refractivity contribution in [2.45, 2.75) is 13.5 Å². The van der Waals surface area contributed by atoms with Crippen LogP contribution in [0.3, 0.4) is 0 Å². The fraction of sp³-hybridized carbons (Fsp3) is 0.130. The number of ether oxygens (including phenoxy) is 1. The number of fused-ring (bicyclic) bond motifs is 3.